The number of rotatable bonds is 5. The fourth-order valence-corrected chi connectivity index (χ4v) is 1.62. The summed E-state index contributed by atoms with van der Waals surface area (Å²) in [5.74, 6) is 0.713. The van der Waals surface area contributed by atoms with Gasteiger partial charge in [0.1, 0.15) is 0 Å². The van der Waals surface area contributed by atoms with Gasteiger partial charge >= 0.3 is 0 Å². The molecule has 82 valence electrons. The Bertz CT molecular complexity index is 318. The van der Waals surface area contributed by atoms with Crippen molar-refractivity contribution in [3.05, 3.63) is 11.9 Å². The molecule has 1 N–H and O–H groups in total. The Hall–Kier alpha value is -1.39. The van der Waals surface area contributed by atoms with Gasteiger partial charge in [0, 0.05) is 13.1 Å². The van der Waals surface area contributed by atoms with Crippen LogP contribution in [0.4, 0.5) is 0 Å². The van der Waals surface area contributed by atoms with Crippen LogP contribution in [0.25, 0.3) is 0 Å². The topological polar surface area (TPSA) is 61.9 Å². The molecule has 5 heteroatoms. The average molecular weight is 208 g/mol. The molecule has 1 amide bonds. The molecule has 1 aliphatic rings. The lowest BCUT2D eigenvalue weighted by molar-refractivity contribution is 0.0741. The fourth-order valence-electron chi connectivity index (χ4n) is 1.62. The highest BCUT2D eigenvalue weighted by atomic mass is 16.2. The van der Waals surface area contributed by atoms with Gasteiger partial charge in [0.25, 0.3) is 5.91 Å². The Morgan fingerprint density at radius 3 is 3.00 bits per heavy atom. The number of carbonyl (C=O) groups is 1. The van der Waals surface area contributed by atoms with Crippen LogP contribution in [0, 0.1) is 5.92 Å². The van der Waals surface area contributed by atoms with Gasteiger partial charge < -0.3 is 4.90 Å². The lowest BCUT2D eigenvalue weighted by atomic mass is 10.3. The number of carbonyl (C=O) groups excluding carboxylic acids is 1. The summed E-state index contributed by atoms with van der Waals surface area (Å²) >= 11 is 0. The molecular formula is C10H16N4O. The summed E-state index contributed by atoms with van der Waals surface area (Å²) < 4.78 is 0. The maximum atomic E-state index is 12.0. The fraction of sp³-hybridized carbons (Fsp3) is 0.700. The molecule has 5 nitrogen and oxygen atoms in total. The van der Waals surface area contributed by atoms with E-state index in [2.05, 4.69) is 22.3 Å². The summed E-state index contributed by atoms with van der Waals surface area (Å²) in [6.45, 7) is 3.76. The van der Waals surface area contributed by atoms with Crippen LogP contribution in [0.3, 0.4) is 0 Å². The Labute approximate surface area is 88.9 Å². The minimum atomic E-state index is -0.00231. The molecule has 1 aliphatic carbocycles. The zero-order valence-electron chi connectivity index (χ0n) is 8.94. The first-order valence-electron chi connectivity index (χ1n) is 5.46. The Kier molecular flexibility index (Phi) is 2.99. The third-order valence-electron chi connectivity index (χ3n) is 2.59. The highest BCUT2D eigenvalue weighted by Crippen LogP contribution is 2.30. The molecule has 1 heterocycles. The smallest absolute Gasteiger partial charge is 0.276 e. The second kappa shape index (κ2) is 4.42. The van der Waals surface area contributed by atoms with E-state index in [0.717, 1.165) is 19.5 Å². The van der Waals surface area contributed by atoms with Gasteiger partial charge in [-0.25, -0.2) is 0 Å². The van der Waals surface area contributed by atoms with Crippen molar-refractivity contribution >= 4 is 5.91 Å². The molecule has 0 bridgehead atoms. The zero-order valence-corrected chi connectivity index (χ0v) is 8.94. The molecular weight excluding hydrogens is 192 g/mol. The van der Waals surface area contributed by atoms with Crippen molar-refractivity contribution in [3.8, 4) is 0 Å². The van der Waals surface area contributed by atoms with Gasteiger partial charge in [0.15, 0.2) is 5.69 Å². The molecule has 0 radical (unpaired) electrons. The van der Waals surface area contributed by atoms with Crippen LogP contribution in [-0.2, 0) is 0 Å². The highest BCUT2D eigenvalue weighted by Gasteiger charge is 2.27. The maximum absolute atomic E-state index is 12.0. The molecule has 0 unspecified atom stereocenters. The van der Waals surface area contributed by atoms with Gasteiger partial charge in [-0.05, 0) is 25.2 Å². The molecule has 2 rings (SSSR count). The molecule has 1 aromatic rings. The van der Waals surface area contributed by atoms with E-state index in [1.165, 1.54) is 19.0 Å². The molecule has 15 heavy (non-hydrogen) atoms. The molecule has 1 saturated carbocycles. The van der Waals surface area contributed by atoms with E-state index in [1.54, 1.807) is 0 Å². The lowest BCUT2D eigenvalue weighted by Gasteiger charge is -2.20. The van der Waals surface area contributed by atoms with Crippen LogP contribution < -0.4 is 0 Å². The summed E-state index contributed by atoms with van der Waals surface area (Å²) in [5.41, 5.74) is 0.420. The first-order chi connectivity index (χ1) is 7.31. The number of amides is 1. The summed E-state index contributed by atoms with van der Waals surface area (Å²) in [7, 11) is 0. The number of H-pyrrole nitrogens is 1. The SMILES string of the molecule is CCCN(CC1CC1)C(=O)c1cn[nH]n1. The van der Waals surface area contributed by atoms with Gasteiger partial charge in [-0.1, -0.05) is 6.92 Å². The number of hydrogen-bond donors (Lipinski definition) is 1. The number of aromatic amines is 1. The first kappa shape index (κ1) is 10.1. The van der Waals surface area contributed by atoms with Gasteiger partial charge in [0.05, 0.1) is 6.20 Å². The van der Waals surface area contributed by atoms with Gasteiger partial charge in [0.2, 0.25) is 0 Å². The standard InChI is InChI=1S/C10H16N4O/c1-2-5-14(7-8-3-4-8)10(15)9-6-11-13-12-9/h6,8H,2-5,7H2,1H3,(H,11,12,13). The number of aromatic nitrogens is 3. The normalized spacial score (nSPS) is 15.3. The predicted molar refractivity (Wildman–Crippen MR) is 55.3 cm³/mol. The lowest BCUT2D eigenvalue weighted by Crippen LogP contribution is -2.33. The maximum Gasteiger partial charge on any atom is 0.276 e. The van der Waals surface area contributed by atoms with Crippen LogP contribution >= 0.6 is 0 Å². The number of nitrogens with zero attached hydrogens (tertiary/aromatic N) is 3. The minimum absolute atomic E-state index is 0.00231. The monoisotopic (exact) mass is 208 g/mol. The Morgan fingerprint density at radius 2 is 2.47 bits per heavy atom. The first-order valence-corrected chi connectivity index (χ1v) is 5.46. The van der Waals surface area contributed by atoms with Crippen molar-refractivity contribution in [1.82, 2.24) is 20.3 Å². The van der Waals surface area contributed by atoms with Gasteiger partial charge in [-0.2, -0.15) is 15.4 Å². The average Bonchev–Trinajstić information content (AvgIpc) is 2.88. The molecule has 0 saturated heterocycles. The van der Waals surface area contributed by atoms with Crippen molar-refractivity contribution in [3.63, 3.8) is 0 Å². The summed E-state index contributed by atoms with van der Waals surface area (Å²) in [4.78, 5) is 13.8. The summed E-state index contributed by atoms with van der Waals surface area (Å²) in [6, 6.07) is 0. The van der Waals surface area contributed by atoms with Crippen LogP contribution in [0.2, 0.25) is 0 Å². The van der Waals surface area contributed by atoms with Gasteiger partial charge in [-0.15, -0.1) is 0 Å². The summed E-state index contributed by atoms with van der Waals surface area (Å²) in [6.07, 6.45) is 4.98. The largest absolute Gasteiger partial charge is 0.337 e. The minimum Gasteiger partial charge on any atom is -0.337 e. The van der Waals surface area contributed by atoms with E-state index < -0.39 is 0 Å². The molecule has 0 atom stereocenters. The van der Waals surface area contributed by atoms with E-state index in [4.69, 9.17) is 0 Å². The van der Waals surface area contributed by atoms with Crippen LogP contribution in [0.5, 0.6) is 0 Å². The molecule has 1 fully saturated rings. The quantitative estimate of drug-likeness (QED) is 0.787. The van der Waals surface area contributed by atoms with E-state index >= 15 is 0 Å². The van der Waals surface area contributed by atoms with E-state index in [9.17, 15) is 4.79 Å². The van der Waals surface area contributed by atoms with Crippen molar-refractivity contribution in [1.29, 1.82) is 0 Å². The van der Waals surface area contributed by atoms with Crippen molar-refractivity contribution in [2.75, 3.05) is 13.1 Å². The Balaban J connectivity index is 1.99. The number of hydrogen-bond acceptors (Lipinski definition) is 3. The third kappa shape index (κ3) is 2.55. The molecule has 1 aromatic heterocycles. The number of nitrogens with one attached hydrogen (secondary N) is 1. The second-order valence-corrected chi connectivity index (χ2v) is 4.05. The molecule has 0 aromatic carbocycles. The van der Waals surface area contributed by atoms with Crippen LogP contribution in [-0.4, -0.2) is 39.3 Å². The van der Waals surface area contributed by atoms with Gasteiger partial charge in [-0.3, -0.25) is 4.79 Å². The van der Waals surface area contributed by atoms with Crippen LogP contribution in [0.1, 0.15) is 36.7 Å². The predicted octanol–water partition coefficient (Wildman–Crippen LogP) is 1.07. The van der Waals surface area contributed by atoms with Crippen molar-refractivity contribution < 1.29 is 4.79 Å². The third-order valence-corrected chi connectivity index (χ3v) is 2.59. The molecule has 0 spiro atoms. The zero-order chi connectivity index (χ0) is 10.7. The van der Waals surface area contributed by atoms with Crippen molar-refractivity contribution in [2.24, 2.45) is 5.92 Å². The second-order valence-electron chi connectivity index (χ2n) is 4.05. The Morgan fingerprint density at radius 1 is 1.67 bits per heavy atom. The summed E-state index contributed by atoms with van der Waals surface area (Å²) in [5, 5.41) is 9.95. The van der Waals surface area contributed by atoms with Crippen molar-refractivity contribution in [2.45, 2.75) is 26.2 Å². The molecule has 0 aliphatic heterocycles. The van der Waals surface area contributed by atoms with E-state index in [1.807, 2.05) is 4.90 Å². The van der Waals surface area contributed by atoms with Crippen LogP contribution in [0.15, 0.2) is 6.20 Å². The highest BCUT2D eigenvalue weighted by molar-refractivity contribution is 5.91. The van der Waals surface area contributed by atoms with E-state index in [-0.39, 0.29) is 5.91 Å². The van der Waals surface area contributed by atoms with E-state index in [0.29, 0.717) is 11.6 Å².